The van der Waals surface area contributed by atoms with Gasteiger partial charge < -0.3 is 5.32 Å². The third kappa shape index (κ3) is 8.92. The number of carbonyl (C=O) groups excluding carboxylic acids is 1. The number of carbonyl (C=O) groups is 1. The van der Waals surface area contributed by atoms with Crippen LogP contribution >= 0.6 is 0 Å². The van der Waals surface area contributed by atoms with Crippen LogP contribution < -0.4 is 5.32 Å². The highest BCUT2D eigenvalue weighted by Gasteiger charge is 2.03. The minimum atomic E-state index is 0.0112. The minimum Gasteiger partial charge on any atom is -0.345 e. The molecule has 0 aliphatic heterocycles. The maximum Gasteiger partial charge on any atom is 0.223 e. The van der Waals surface area contributed by atoms with E-state index in [-0.39, 0.29) is 11.8 Å². The second-order valence-corrected chi connectivity index (χ2v) is 5.47. The summed E-state index contributed by atoms with van der Waals surface area (Å²) < 4.78 is 0. The van der Waals surface area contributed by atoms with Crippen molar-refractivity contribution in [3.8, 4) is 11.8 Å². The van der Waals surface area contributed by atoms with E-state index in [1.54, 1.807) is 0 Å². The summed E-state index contributed by atoms with van der Waals surface area (Å²) in [6, 6.07) is 8.32. The summed E-state index contributed by atoms with van der Waals surface area (Å²) >= 11 is 0. The fourth-order valence-corrected chi connectivity index (χ4v) is 1.68. The van der Waals surface area contributed by atoms with E-state index in [9.17, 15) is 4.79 Å². The summed E-state index contributed by atoms with van der Waals surface area (Å²) in [6.07, 6.45) is 1.10. The molecule has 0 aliphatic rings. The molecule has 0 saturated heterocycles. The normalized spacial score (nSPS) is 9.52. The lowest BCUT2D eigenvalue weighted by molar-refractivity contribution is -0.123. The average molecular weight is 287 g/mol. The largest absolute Gasteiger partial charge is 0.345 e. The molecule has 0 aliphatic carbocycles. The topological polar surface area (TPSA) is 29.1 Å². The second kappa shape index (κ2) is 11.0. The summed E-state index contributed by atoms with van der Waals surface area (Å²) in [5, 5.41) is 2.78. The molecule has 0 fully saturated rings. The maximum atomic E-state index is 11.3. The summed E-state index contributed by atoms with van der Waals surface area (Å²) in [5.74, 6) is 6.74. The van der Waals surface area contributed by atoms with Gasteiger partial charge >= 0.3 is 0 Å². The molecule has 0 bridgehead atoms. The SMILES string of the molecule is CC.CC(C)Cc1ccc(C#CCNC(=O)C(C)C)cc1. The Kier molecular flexibility index (Phi) is 10.1. The lowest BCUT2D eigenvalue weighted by atomic mass is 10.0. The molecule has 0 heterocycles. The molecule has 1 aromatic rings. The second-order valence-electron chi connectivity index (χ2n) is 5.47. The number of rotatable bonds is 4. The van der Waals surface area contributed by atoms with Crippen molar-refractivity contribution in [3.05, 3.63) is 35.4 Å². The van der Waals surface area contributed by atoms with E-state index >= 15 is 0 Å². The Morgan fingerprint density at radius 3 is 2.14 bits per heavy atom. The van der Waals surface area contributed by atoms with Crippen molar-refractivity contribution in [2.24, 2.45) is 11.8 Å². The summed E-state index contributed by atoms with van der Waals surface area (Å²) in [5.41, 5.74) is 2.33. The maximum absolute atomic E-state index is 11.3. The van der Waals surface area contributed by atoms with Gasteiger partial charge in [0.2, 0.25) is 5.91 Å². The van der Waals surface area contributed by atoms with Crippen molar-refractivity contribution in [1.29, 1.82) is 0 Å². The van der Waals surface area contributed by atoms with Gasteiger partial charge in [-0.2, -0.15) is 0 Å². The monoisotopic (exact) mass is 287 g/mol. The van der Waals surface area contributed by atoms with Crippen molar-refractivity contribution in [3.63, 3.8) is 0 Å². The van der Waals surface area contributed by atoms with Gasteiger partial charge in [0.25, 0.3) is 0 Å². The number of benzene rings is 1. The fraction of sp³-hybridized carbons (Fsp3) is 0.526. The smallest absolute Gasteiger partial charge is 0.223 e. The summed E-state index contributed by atoms with van der Waals surface area (Å²) in [7, 11) is 0. The zero-order valence-corrected chi connectivity index (χ0v) is 14.3. The highest BCUT2D eigenvalue weighted by molar-refractivity contribution is 5.78. The molecule has 0 saturated carbocycles. The molecule has 0 atom stereocenters. The average Bonchev–Trinajstić information content (AvgIpc) is 2.46. The van der Waals surface area contributed by atoms with E-state index in [0.717, 1.165) is 12.0 Å². The Morgan fingerprint density at radius 2 is 1.67 bits per heavy atom. The molecule has 2 heteroatoms. The predicted octanol–water partition coefficient (Wildman–Crippen LogP) is 4.04. The number of hydrogen-bond acceptors (Lipinski definition) is 1. The molecule has 0 aromatic heterocycles. The zero-order chi connectivity index (χ0) is 16.3. The number of amides is 1. The molecule has 1 rings (SSSR count). The van der Waals surface area contributed by atoms with Crippen LogP contribution in [-0.4, -0.2) is 12.5 Å². The Hall–Kier alpha value is -1.75. The van der Waals surface area contributed by atoms with Gasteiger partial charge in [-0.15, -0.1) is 0 Å². The first-order valence-corrected chi connectivity index (χ1v) is 7.84. The van der Waals surface area contributed by atoms with E-state index in [1.807, 2.05) is 39.8 Å². The lowest BCUT2D eigenvalue weighted by Gasteiger charge is -2.04. The van der Waals surface area contributed by atoms with Crippen molar-refractivity contribution < 1.29 is 4.79 Å². The van der Waals surface area contributed by atoms with Gasteiger partial charge in [0.1, 0.15) is 0 Å². The third-order valence-electron chi connectivity index (χ3n) is 2.71. The lowest BCUT2D eigenvalue weighted by Crippen LogP contribution is -2.27. The van der Waals surface area contributed by atoms with E-state index in [1.165, 1.54) is 5.56 Å². The van der Waals surface area contributed by atoms with Gasteiger partial charge in [-0.25, -0.2) is 0 Å². The van der Waals surface area contributed by atoms with Gasteiger partial charge in [-0.05, 0) is 30.0 Å². The van der Waals surface area contributed by atoms with Gasteiger partial charge in [0.05, 0.1) is 6.54 Å². The van der Waals surface area contributed by atoms with Gasteiger partial charge in [-0.1, -0.05) is 65.5 Å². The minimum absolute atomic E-state index is 0.0112. The summed E-state index contributed by atoms with van der Waals surface area (Å²) in [4.78, 5) is 11.3. The Balaban J connectivity index is 0.00000191. The van der Waals surface area contributed by atoms with Crippen LogP contribution in [0.15, 0.2) is 24.3 Å². The molecule has 0 unspecified atom stereocenters. The highest BCUT2D eigenvalue weighted by Crippen LogP contribution is 2.08. The van der Waals surface area contributed by atoms with Crippen LogP contribution in [0.3, 0.4) is 0 Å². The molecule has 21 heavy (non-hydrogen) atoms. The van der Waals surface area contributed by atoms with Crippen LogP contribution in [0.2, 0.25) is 0 Å². The molecule has 0 radical (unpaired) electrons. The van der Waals surface area contributed by atoms with Crippen molar-refractivity contribution in [1.82, 2.24) is 5.32 Å². The molecule has 116 valence electrons. The first-order valence-electron chi connectivity index (χ1n) is 7.84. The molecule has 1 N–H and O–H groups in total. The van der Waals surface area contributed by atoms with Crippen molar-refractivity contribution in [2.45, 2.75) is 48.0 Å². The van der Waals surface area contributed by atoms with Crippen LogP contribution in [-0.2, 0) is 11.2 Å². The van der Waals surface area contributed by atoms with Gasteiger partial charge in [-0.3, -0.25) is 4.79 Å². The molecule has 2 nitrogen and oxygen atoms in total. The first-order chi connectivity index (χ1) is 9.99. The van der Waals surface area contributed by atoms with E-state index in [0.29, 0.717) is 12.5 Å². The molecule has 1 aromatic carbocycles. The predicted molar refractivity (Wildman–Crippen MR) is 91.1 cm³/mol. The fourth-order valence-electron chi connectivity index (χ4n) is 1.68. The van der Waals surface area contributed by atoms with Crippen LogP contribution in [0.5, 0.6) is 0 Å². The van der Waals surface area contributed by atoms with Gasteiger partial charge in [0.15, 0.2) is 0 Å². The van der Waals surface area contributed by atoms with Crippen LogP contribution in [0.4, 0.5) is 0 Å². The third-order valence-corrected chi connectivity index (χ3v) is 2.71. The zero-order valence-electron chi connectivity index (χ0n) is 14.3. The Bertz CT molecular complexity index is 461. The molecular weight excluding hydrogens is 258 g/mol. The number of hydrogen-bond donors (Lipinski definition) is 1. The van der Waals surface area contributed by atoms with Crippen LogP contribution in [0.1, 0.15) is 52.7 Å². The van der Waals surface area contributed by atoms with Gasteiger partial charge in [0, 0.05) is 11.5 Å². The van der Waals surface area contributed by atoms with E-state index in [2.05, 4.69) is 43.1 Å². The highest BCUT2D eigenvalue weighted by atomic mass is 16.1. The van der Waals surface area contributed by atoms with Crippen LogP contribution in [0.25, 0.3) is 0 Å². The molecule has 0 spiro atoms. The standard InChI is InChI=1S/C17H23NO.C2H6/c1-13(2)12-16-9-7-15(8-10-16)6-5-11-18-17(19)14(3)4;1-2/h7-10,13-14H,11-12H2,1-4H3,(H,18,19);1-2H3. The van der Waals surface area contributed by atoms with E-state index < -0.39 is 0 Å². The van der Waals surface area contributed by atoms with Crippen molar-refractivity contribution >= 4 is 5.91 Å². The summed E-state index contributed by atoms with van der Waals surface area (Å²) in [6.45, 7) is 12.6. The molecular formula is C19H29NO. The molecule has 1 amide bonds. The van der Waals surface area contributed by atoms with Crippen LogP contribution in [0, 0.1) is 23.7 Å². The quantitative estimate of drug-likeness (QED) is 0.832. The van der Waals surface area contributed by atoms with E-state index in [4.69, 9.17) is 0 Å². The Labute approximate surface area is 130 Å². The number of nitrogens with one attached hydrogen (secondary N) is 1. The first kappa shape index (κ1) is 19.2. The Morgan fingerprint density at radius 1 is 1.10 bits per heavy atom. The van der Waals surface area contributed by atoms with Crippen molar-refractivity contribution in [2.75, 3.05) is 6.54 Å².